The number of aryl methyl sites for hydroxylation is 1. The molecule has 0 bridgehead atoms. The molecule has 3 rings (SSSR count). The molecule has 3 aromatic rings. The normalized spacial score (nSPS) is 12.9. The Morgan fingerprint density at radius 1 is 1.15 bits per heavy atom. The van der Waals surface area contributed by atoms with Gasteiger partial charge in [0.15, 0.2) is 0 Å². The second-order valence-corrected chi connectivity index (χ2v) is 6.28. The molecule has 6 heteroatoms. The van der Waals surface area contributed by atoms with Gasteiger partial charge in [0.2, 0.25) is 0 Å². The summed E-state index contributed by atoms with van der Waals surface area (Å²) in [5, 5.41) is 19.4. The number of imidazole rings is 1. The van der Waals surface area contributed by atoms with Crippen molar-refractivity contribution < 1.29 is 10.2 Å². The van der Waals surface area contributed by atoms with Crippen LogP contribution in [0.5, 0.6) is 0 Å². The van der Waals surface area contributed by atoms with Gasteiger partial charge in [0.05, 0.1) is 6.61 Å². The number of aliphatic hydroxyl groups excluding tert-OH is 2. The van der Waals surface area contributed by atoms with Crippen molar-refractivity contribution in [1.82, 2.24) is 14.1 Å². The molecule has 1 aromatic carbocycles. The summed E-state index contributed by atoms with van der Waals surface area (Å²) in [4.78, 5) is 15.9. The molecule has 2 N–H and O–H groups in total. The van der Waals surface area contributed by atoms with Gasteiger partial charge in [0.1, 0.15) is 18.0 Å². The van der Waals surface area contributed by atoms with Crippen LogP contribution in [0.1, 0.15) is 30.5 Å². The van der Waals surface area contributed by atoms with Gasteiger partial charge in [0, 0.05) is 37.3 Å². The predicted molar refractivity (Wildman–Crippen MR) is 103 cm³/mol. The van der Waals surface area contributed by atoms with Crippen molar-refractivity contribution in [3.05, 3.63) is 76.7 Å². The van der Waals surface area contributed by atoms with Gasteiger partial charge in [-0.25, -0.2) is 4.98 Å². The quantitative estimate of drug-likeness (QED) is 0.694. The van der Waals surface area contributed by atoms with Gasteiger partial charge in [-0.15, -0.1) is 0 Å². The second kappa shape index (κ2) is 8.04. The van der Waals surface area contributed by atoms with Crippen LogP contribution in [0.15, 0.2) is 59.8 Å². The molecule has 0 aliphatic carbocycles. The minimum absolute atomic E-state index is 0.0589. The highest BCUT2D eigenvalue weighted by Gasteiger charge is 2.14. The summed E-state index contributed by atoms with van der Waals surface area (Å²) >= 11 is 0. The van der Waals surface area contributed by atoms with E-state index < -0.39 is 12.1 Å². The van der Waals surface area contributed by atoms with Crippen LogP contribution in [0.3, 0.4) is 0 Å². The molecule has 2 atom stereocenters. The van der Waals surface area contributed by atoms with E-state index in [1.165, 1.54) is 4.57 Å². The van der Waals surface area contributed by atoms with Crippen molar-refractivity contribution in [1.29, 1.82) is 0 Å². The number of aliphatic hydroxyl groups is 2. The van der Waals surface area contributed by atoms with Crippen LogP contribution in [-0.2, 0) is 7.05 Å². The lowest BCUT2D eigenvalue weighted by Crippen LogP contribution is -2.15. The van der Waals surface area contributed by atoms with Crippen LogP contribution in [0.4, 0.5) is 0 Å². The molecule has 0 fully saturated rings. The molecular weight excluding hydrogens is 342 g/mol. The zero-order valence-electron chi connectivity index (χ0n) is 15.2. The minimum atomic E-state index is -0.742. The smallest absolute Gasteiger partial charge is 0.250 e. The summed E-state index contributed by atoms with van der Waals surface area (Å²) in [5.41, 5.74) is 2.52. The van der Waals surface area contributed by atoms with Gasteiger partial charge in [-0.2, -0.15) is 0 Å². The van der Waals surface area contributed by atoms with Gasteiger partial charge in [-0.3, -0.25) is 4.79 Å². The largest absolute Gasteiger partial charge is 0.393 e. The molecule has 138 valence electrons. The number of rotatable bonds is 4. The van der Waals surface area contributed by atoms with Crippen molar-refractivity contribution in [2.24, 2.45) is 7.05 Å². The van der Waals surface area contributed by atoms with Gasteiger partial charge < -0.3 is 19.3 Å². The van der Waals surface area contributed by atoms with Crippen LogP contribution < -0.4 is 5.56 Å². The molecular formula is C21H21N3O3. The van der Waals surface area contributed by atoms with Crippen LogP contribution in [-0.4, -0.2) is 30.9 Å². The van der Waals surface area contributed by atoms with Gasteiger partial charge in [-0.1, -0.05) is 24.0 Å². The summed E-state index contributed by atoms with van der Waals surface area (Å²) in [5.74, 6) is 6.52. The Bertz CT molecular complexity index is 1040. The lowest BCUT2D eigenvalue weighted by Gasteiger charge is -2.14. The van der Waals surface area contributed by atoms with Crippen molar-refractivity contribution in [3.63, 3.8) is 0 Å². The average Bonchev–Trinajstić information content (AvgIpc) is 3.15. The lowest BCUT2D eigenvalue weighted by molar-refractivity contribution is 0.176. The first-order valence-electron chi connectivity index (χ1n) is 8.60. The molecule has 1 unspecified atom stereocenters. The summed E-state index contributed by atoms with van der Waals surface area (Å²) in [7, 11) is 1.71. The number of benzene rings is 1. The number of hydrogen-bond donors (Lipinski definition) is 2. The fraction of sp³-hybridized carbons (Fsp3) is 0.238. The van der Waals surface area contributed by atoms with Crippen LogP contribution >= 0.6 is 0 Å². The highest BCUT2D eigenvalue weighted by atomic mass is 16.3. The van der Waals surface area contributed by atoms with Crippen LogP contribution in [0.2, 0.25) is 0 Å². The van der Waals surface area contributed by atoms with E-state index in [2.05, 4.69) is 16.8 Å². The maximum absolute atomic E-state index is 11.8. The maximum atomic E-state index is 11.8. The first-order chi connectivity index (χ1) is 13.0. The third-order valence-corrected chi connectivity index (χ3v) is 4.29. The average molecular weight is 363 g/mol. The minimum Gasteiger partial charge on any atom is -0.393 e. The lowest BCUT2D eigenvalue weighted by atomic mass is 10.1. The van der Waals surface area contributed by atoms with Crippen molar-refractivity contribution in [2.45, 2.75) is 19.1 Å². The Morgan fingerprint density at radius 3 is 2.52 bits per heavy atom. The first-order valence-corrected chi connectivity index (χ1v) is 8.60. The van der Waals surface area contributed by atoms with E-state index in [1.54, 1.807) is 43.2 Å². The van der Waals surface area contributed by atoms with Crippen LogP contribution in [0.25, 0.3) is 11.1 Å². The highest BCUT2D eigenvalue weighted by Crippen LogP contribution is 2.18. The Morgan fingerprint density at radius 2 is 1.89 bits per heavy atom. The zero-order chi connectivity index (χ0) is 19.4. The van der Waals surface area contributed by atoms with E-state index in [9.17, 15) is 15.0 Å². The Labute approximate surface area is 157 Å². The third kappa shape index (κ3) is 4.17. The standard InChI is InChI=1S/C21H21N3O3/c1-15(26)21-22-10-12-24(21)19(14-25)8-5-16-3-6-17(7-4-16)18-9-11-23(2)20(27)13-18/h3-4,6-7,9-13,15,19,25-26H,14H2,1-2H3/t15?,19-/m0/s1. The molecule has 2 heterocycles. The van der Waals surface area contributed by atoms with Crippen molar-refractivity contribution >= 4 is 0 Å². The van der Waals surface area contributed by atoms with E-state index in [4.69, 9.17) is 0 Å². The third-order valence-electron chi connectivity index (χ3n) is 4.29. The molecule has 27 heavy (non-hydrogen) atoms. The van der Waals surface area contributed by atoms with Gasteiger partial charge in [-0.05, 0) is 36.2 Å². The number of hydrogen-bond acceptors (Lipinski definition) is 4. The molecule has 2 aromatic heterocycles. The molecule has 0 saturated carbocycles. The number of aromatic nitrogens is 3. The predicted octanol–water partition coefficient (Wildman–Crippen LogP) is 1.89. The SMILES string of the molecule is CC(O)c1nccn1[C@@H](C#Cc1ccc(-c2ccn(C)c(=O)c2)cc1)CO. The molecule has 0 radical (unpaired) electrons. The Kier molecular flexibility index (Phi) is 5.55. The van der Waals surface area contributed by atoms with Crippen LogP contribution in [0, 0.1) is 11.8 Å². The first kappa shape index (κ1) is 18.6. The Balaban J connectivity index is 1.83. The molecule has 0 aliphatic rings. The maximum Gasteiger partial charge on any atom is 0.250 e. The van der Waals surface area contributed by atoms with E-state index in [0.29, 0.717) is 5.82 Å². The molecule has 0 saturated heterocycles. The topological polar surface area (TPSA) is 80.3 Å². The molecule has 0 amide bonds. The number of pyridine rings is 1. The van der Waals surface area contributed by atoms with E-state index >= 15 is 0 Å². The summed E-state index contributed by atoms with van der Waals surface area (Å²) in [6.45, 7) is 1.44. The summed E-state index contributed by atoms with van der Waals surface area (Å²) < 4.78 is 3.20. The zero-order valence-corrected chi connectivity index (χ0v) is 15.2. The van der Waals surface area contributed by atoms with Gasteiger partial charge in [0.25, 0.3) is 5.56 Å². The van der Waals surface area contributed by atoms with E-state index in [-0.39, 0.29) is 12.2 Å². The highest BCUT2D eigenvalue weighted by molar-refractivity contribution is 5.63. The second-order valence-electron chi connectivity index (χ2n) is 6.28. The monoisotopic (exact) mass is 363 g/mol. The Hall–Kier alpha value is -3.14. The molecule has 0 spiro atoms. The fourth-order valence-corrected chi connectivity index (χ4v) is 2.76. The number of nitrogens with zero attached hydrogens (tertiary/aromatic N) is 3. The fourth-order valence-electron chi connectivity index (χ4n) is 2.76. The van der Waals surface area contributed by atoms with Crippen molar-refractivity contribution in [3.8, 4) is 23.0 Å². The van der Waals surface area contributed by atoms with Gasteiger partial charge >= 0.3 is 0 Å². The van der Waals surface area contributed by atoms with E-state index in [0.717, 1.165) is 16.7 Å². The van der Waals surface area contributed by atoms with Crippen molar-refractivity contribution in [2.75, 3.05) is 6.61 Å². The van der Waals surface area contributed by atoms with E-state index in [1.807, 2.05) is 30.3 Å². The molecule has 6 nitrogen and oxygen atoms in total. The molecule has 0 aliphatic heterocycles. The summed E-state index contributed by atoms with van der Waals surface area (Å²) in [6, 6.07) is 10.6. The summed E-state index contributed by atoms with van der Waals surface area (Å²) in [6.07, 6.45) is 4.26.